The van der Waals surface area contributed by atoms with Gasteiger partial charge in [-0.25, -0.2) is 5.26 Å². The average molecular weight is 581 g/mol. The highest BCUT2D eigenvalue weighted by Gasteiger charge is 2.30. The molecule has 2 aromatic carbocycles. The molecule has 210 valence electrons. The van der Waals surface area contributed by atoms with E-state index in [0.717, 1.165) is 23.3 Å². The molecule has 0 spiro atoms. The third kappa shape index (κ3) is 7.03. The van der Waals surface area contributed by atoms with Crippen molar-refractivity contribution in [1.29, 1.82) is 0 Å². The summed E-state index contributed by atoms with van der Waals surface area (Å²) in [6.07, 6.45) is 5.17. The number of benzene rings is 2. The summed E-state index contributed by atoms with van der Waals surface area (Å²) in [4.78, 5) is 15.0. The van der Waals surface area contributed by atoms with Crippen LogP contribution in [-0.2, 0) is 24.3 Å². The Labute approximate surface area is 229 Å². The first-order chi connectivity index (χ1) is 18.6. The van der Waals surface area contributed by atoms with Gasteiger partial charge >= 0.3 is 5.97 Å². The van der Waals surface area contributed by atoms with E-state index >= 15 is 0 Å². The number of likely N-dealkylation sites (N-methyl/N-ethyl adjacent to an activating group) is 1. The van der Waals surface area contributed by atoms with E-state index in [-0.39, 0.29) is 11.3 Å². The van der Waals surface area contributed by atoms with Gasteiger partial charge in [0.2, 0.25) is 5.88 Å². The zero-order valence-corrected chi connectivity index (χ0v) is 22.8. The number of allylic oxidation sites excluding steroid dienone is 2. The maximum absolute atomic E-state index is 11.7. The molecular formula is C25H28N2O10S2. The largest absolute Gasteiger partial charge is 0.481 e. The molecule has 0 saturated heterocycles. The monoisotopic (exact) mass is 580 g/mol. The molecule has 2 aromatic rings. The summed E-state index contributed by atoms with van der Waals surface area (Å²) in [6, 6.07) is 9.49. The minimum Gasteiger partial charge on any atom is -0.481 e. The van der Waals surface area contributed by atoms with Crippen LogP contribution >= 0.6 is 12.0 Å². The van der Waals surface area contributed by atoms with Crippen molar-refractivity contribution in [1.82, 2.24) is 0 Å². The molecule has 0 aliphatic carbocycles. The summed E-state index contributed by atoms with van der Waals surface area (Å²) in [5.74, 6) is 0.710. The first-order valence-corrected chi connectivity index (χ1v) is 14.1. The molecule has 0 aromatic heterocycles. The number of carboxylic acids is 1. The van der Waals surface area contributed by atoms with Crippen LogP contribution in [0.15, 0.2) is 69.8 Å². The van der Waals surface area contributed by atoms with E-state index in [2.05, 4.69) is 9.37 Å². The van der Waals surface area contributed by atoms with Crippen LogP contribution in [0.4, 0.5) is 11.4 Å². The van der Waals surface area contributed by atoms with Crippen molar-refractivity contribution in [2.75, 3.05) is 23.4 Å². The Bertz CT molecular complexity index is 1390. The second-order valence-corrected chi connectivity index (χ2v) is 11.1. The number of unbranched alkanes of at least 4 members (excludes halogenated alkanes) is 2. The fourth-order valence-corrected chi connectivity index (χ4v) is 5.13. The Morgan fingerprint density at radius 2 is 1.90 bits per heavy atom. The maximum atomic E-state index is 11.7. The molecule has 0 bridgehead atoms. The fraction of sp³-hybridized carbons (Fsp3) is 0.320. The molecular weight excluding hydrogens is 552 g/mol. The van der Waals surface area contributed by atoms with Crippen molar-refractivity contribution in [3.05, 3.63) is 60.0 Å². The normalized spacial score (nSPS) is 17.7. The molecule has 2 heterocycles. The van der Waals surface area contributed by atoms with Crippen molar-refractivity contribution in [2.24, 2.45) is 0 Å². The number of hydrogen-bond acceptors (Lipinski definition) is 11. The SMILES string of the molecule is CC(/C=C1\Oc2ccc(S(=O)(=O)O)cc2N1CCCCCC(=O)O)=C\C1Oc2ccc(SOOO)cc2N1C. The topological polar surface area (TPSA) is 155 Å². The van der Waals surface area contributed by atoms with Crippen LogP contribution in [-0.4, -0.2) is 49.1 Å². The van der Waals surface area contributed by atoms with E-state index in [1.807, 2.05) is 35.9 Å². The van der Waals surface area contributed by atoms with Crippen molar-refractivity contribution >= 4 is 39.5 Å². The standard InChI is InChI=1S/C25H28N2O10S2/c1-16(12-23-26(2)19-14-17(38-37-36-30)7-9-21(19)34-23)13-24-27(11-5-3-4-6-25(28)29)20-15-18(39(31,32)33)8-10-22(20)35-24/h7-10,12-15,23,30H,3-6,11H2,1-2H3,(H,28,29)(H,31,32,33)/b16-12+,24-13-. The molecule has 0 amide bonds. The summed E-state index contributed by atoms with van der Waals surface area (Å²) >= 11 is 0.849. The molecule has 2 aliphatic heterocycles. The minimum atomic E-state index is -4.41. The molecule has 0 saturated carbocycles. The van der Waals surface area contributed by atoms with Crippen LogP contribution < -0.4 is 19.3 Å². The van der Waals surface area contributed by atoms with E-state index in [1.165, 1.54) is 18.2 Å². The van der Waals surface area contributed by atoms with E-state index < -0.39 is 22.3 Å². The number of rotatable bonds is 12. The van der Waals surface area contributed by atoms with Gasteiger partial charge in [-0.2, -0.15) is 8.42 Å². The molecule has 1 atom stereocenters. The number of ether oxygens (including phenoxy) is 2. The molecule has 3 N–H and O–H groups in total. The Balaban J connectivity index is 1.54. The first-order valence-electron chi connectivity index (χ1n) is 11.9. The molecule has 39 heavy (non-hydrogen) atoms. The van der Waals surface area contributed by atoms with Crippen LogP contribution in [0.25, 0.3) is 0 Å². The maximum Gasteiger partial charge on any atom is 0.303 e. The highest BCUT2D eigenvalue weighted by atomic mass is 32.2. The van der Waals surface area contributed by atoms with Gasteiger partial charge in [-0.1, -0.05) is 11.5 Å². The van der Waals surface area contributed by atoms with Crippen LogP contribution in [0, 0.1) is 0 Å². The number of aliphatic carboxylic acids is 1. The smallest absolute Gasteiger partial charge is 0.303 e. The lowest BCUT2D eigenvalue weighted by Crippen LogP contribution is -2.29. The molecule has 0 radical (unpaired) electrons. The van der Waals surface area contributed by atoms with Crippen LogP contribution in [0.1, 0.15) is 32.6 Å². The molecule has 1 unspecified atom stereocenters. The van der Waals surface area contributed by atoms with Gasteiger partial charge in [0.25, 0.3) is 10.1 Å². The van der Waals surface area contributed by atoms with Gasteiger partial charge in [-0.3, -0.25) is 9.35 Å². The lowest BCUT2D eigenvalue weighted by Gasteiger charge is -2.20. The molecule has 14 heteroatoms. The molecule has 0 fully saturated rings. The van der Waals surface area contributed by atoms with Gasteiger partial charge in [0.15, 0.2) is 12.0 Å². The van der Waals surface area contributed by atoms with Crippen LogP contribution in [0.2, 0.25) is 0 Å². The Hall–Kier alpha value is -3.27. The first kappa shape index (κ1) is 28.7. The molecule has 4 rings (SSSR count). The lowest BCUT2D eigenvalue weighted by molar-refractivity contribution is -0.432. The van der Waals surface area contributed by atoms with E-state index in [4.69, 9.17) is 19.8 Å². The predicted molar refractivity (Wildman–Crippen MR) is 142 cm³/mol. The Kier molecular flexibility index (Phi) is 9.04. The Morgan fingerprint density at radius 1 is 1.13 bits per heavy atom. The predicted octanol–water partition coefficient (Wildman–Crippen LogP) is 4.85. The molecule has 2 aliphatic rings. The van der Waals surface area contributed by atoms with Crippen molar-refractivity contribution in [3.8, 4) is 11.5 Å². The van der Waals surface area contributed by atoms with Gasteiger partial charge in [0.05, 0.1) is 28.3 Å². The number of anilines is 2. The van der Waals surface area contributed by atoms with Gasteiger partial charge < -0.3 is 24.4 Å². The van der Waals surface area contributed by atoms with Crippen LogP contribution in [0.3, 0.4) is 0 Å². The summed E-state index contributed by atoms with van der Waals surface area (Å²) in [5.41, 5.74) is 2.11. The number of carbonyl (C=O) groups is 1. The third-order valence-corrected chi connectivity index (χ3v) is 7.55. The van der Waals surface area contributed by atoms with Crippen molar-refractivity contribution in [2.45, 2.75) is 48.6 Å². The highest BCUT2D eigenvalue weighted by molar-refractivity contribution is 7.94. The van der Waals surface area contributed by atoms with Gasteiger partial charge in [-0.05, 0) is 67.8 Å². The summed E-state index contributed by atoms with van der Waals surface area (Å²) < 4.78 is 49.6. The summed E-state index contributed by atoms with van der Waals surface area (Å²) in [5, 5.41) is 20.9. The Morgan fingerprint density at radius 3 is 2.62 bits per heavy atom. The zero-order chi connectivity index (χ0) is 28.2. The fourth-order valence-electron chi connectivity index (χ4n) is 4.24. The zero-order valence-electron chi connectivity index (χ0n) is 21.1. The van der Waals surface area contributed by atoms with E-state index in [0.29, 0.717) is 53.8 Å². The van der Waals surface area contributed by atoms with Gasteiger partial charge in [-0.15, -0.1) is 4.33 Å². The van der Waals surface area contributed by atoms with Crippen molar-refractivity contribution in [3.63, 3.8) is 0 Å². The van der Waals surface area contributed by atoms with Gasteiger partial charge in [0.1, 0.15) is 5.75 Å². The number of hydrogen-bond donors (Lipinski definition) is 3. The number of fused-ring (bicyclic) bond motifs is 2. The second kappa shape index (κ2) is 12.3. The lowest BCUT2D eigenvalue weighted by atomic mass is 10.1. The van der Waals surface area contributed by atoms with E-state index in [1.54, 1.807) is 18.2 Å². The minimum absolute atomic E-state index is 0.0737. The molecule has 12 nitrogen and oxygen atoms in total. The number of carboxylic acid groups (broad SMARTS) is 1. The van der Waals surface area contributed by atoms with Crippen molar-refractivity contribution < 1.29 is 47.0 Å². The van der Waals surface area contributed by atoms with Crippen LogP contribution in [0.5, 0.6) is 11.5 Å². The number of nitrogens with zero attached hydrogens (tertiary/aromatic N) is 2. The summed E-state index contributed by atoms with van der Waals surface area (Å²) in [7, 11) is -2.54. The third-order valence-electron chi connectivity index (χ3n) is 6.13. The van der Waals surface area contributed by atoms with Gasteiger partial charge in [0, 0.05) is 31.0 Å². The average Bonchev–Trinajstić information content (AvgIpc) is 3.37. The van der Waals surface area contributed by atoms with E-state index in [9.17, 15) is 17.8 Å². The summed E-state index contributed by atoms with van der Waals surface area (Å²) in [6.45, 7) is 2.33. The quantitative estimate of drug-likeness (QED) is 0.103. The second-order valence-electron chi connectivity index (χ2n) is 8.93. The highest BCUT2D eigenvalue weighted by Crippen LogP contribution is 2.42.